The molecule has 0 fully saturated rings. The average molecular weight is 291 g/mol. The van der Waals surface area contributed by atoms with E-state index in [4.69, 9.17) is 10.5 Å². The molecule has 1 aromatic carbocycles. The van der Waals surface area contributed by atoms with Gasteiger partial charge in [0.15, 0.2) is 5.13 Å². The van der Waals surface area contributed by atoms with Crippen LogP contribution in [0, 0.1) is 13.8 Å². The van der Waals surface area contributed by atoms with Gasteiger partial charge in [0.1, 0.15) is 0 Å². The first-order chi connectivity index (χ1) is 9.56. The number of thiazole rings is 1. The number of rotatable bonds is 5. The normalized spacial score (nSPS) is 10.8. The van der Waals surface area contributed by atoms with Gasteiger partial charge in [-0.25, -0.2) is 4.98 Å². The van der Waals surface area contributed by atoms with Gasteiger partial charge in [-0.2, -0.15) is 0 Å². The van der Waals surface area contributed by atoms with Crippen molar-refractivity contribution in [2.75, 3.05) is 19.1 Å². The van der Waals surface area contributed by atoms with E-state index in [0.29, 0.717) is 13.2 Å². The lowest BCUT2D eigenvalue weighted by Crippen LogP contribution is -2.10. The summed E-state index contributed by atoms with van der Waals surface area (Å²) in [6.45, 7) is 5.22. The summed E-state index contributed by atoms with van der Waals surface area (Å²) in [5.74, 6) is 0. The fraction of sp³-hybridized carbons (Fsp3) is 0.400. The Morgan fingerprint density at radius 1 is 1.35 bits per heavy atom. The maximum absolute atomic E-state index is 5.78. The predicted molar refractivity (Wildman–Crippen MR) is 84.7 cm³/mol. The van der Waals surface area contributed by atoms with Crippen LogP contribution in [0.25, 0.3) is 0 Å². The molecule has 0 spiro atoms. The molecule has 0 atom stereocenters. The molecule has 0 aliphatic heterocycles. The van der Waals surface area contributed by atoms with Gasteiger partial charge < -0.3 is 15.4 Å². The van der Waals surface area contributed by atoms with E-state index in [0.717, 1.165) is 21.4 Å². The minimum absolute atomic E-state index is 0.497. The Kier molecular flexibility index (Phi) is 4.75. The van der Waals surface area contributed by atoms with Gasteiger partial charge in [-0.05, 0) is 25.5 Å². The third kappa shape index (κ3) is 3.00. The van der Waals surface area contributed by atoms with Crippen LogP contribution in [-0.2, 0) is 17.9 Å². The highest BCUT2D eigenvalue weighted by atomic mass is 32.1. The minimum atomic E-state index is 0.497. The molecule has 2 aromatic rings. The first-order valence-electron chi connectivity index (χ1n) is 6.55. The van der Waals surface area contributed by atoms with Gasteiger partial charge in [0.25, 0.3) is 0 Å². The van der Waals surface area contributed by atoms with Crippen molar-refractivity contribution in [3.8, 4) is 0 Å². The van der Waals surface area contributed by atoms with Gasteiger partial charge in [0, 0.05) is 31.3 Å². The standard InChI is InChI=1S/C15H21N3OS/c1-10-5-6-13(11(2)7-10)18(3)15-17-12(9-19-4)14(8-16)20-15/h5-7H,8-9,16H2,1-4H3. The van der Waals surface area contributed by atoms with Crippen molar-refractivity contribution < 1.29 is 4.74 Å². The van der Waals surface area contributed by atoms with Crippen LogP contribution in [0.5, 0.6) is 0 Å². The quantitative estimate of drug-likeness (QED) is 0.919. The summed E-state index contributed by atoms with van der Waals surface area (Å²) < 4.78 is 5.18. The number of methoxy groups -OCH3 is 1. The van der Waals surface area contributed by atoms with Crippen molar-refractivity contribution in [2.24, 2.45) is 5.73 Å². The number of nitrogens with two attached hydrogens (primary N) is 1. The molecule has 20 heavy (non-hydrogen) atoms. The van der Waals surface area contributed by atoms with E-state index < -0.39 is 0 Å². The third-order valence-corrected chi connectivity index (χ3v) is 4.43. The van der Waals surface area contributed by atoms with Crippen molar-refractivity contribution in [3.05, 3.63) is 39.9 Å². The summed E-state index contributed by atoms with van der Waals surface area (Å²) in [5, 5.41) is 0.949. The Morgan fingerprint density at radius 3 is 2.70 bits per heavy atom. The molecule has 0 saturated carbocycles. The topological polar surface area (TPSA) is 51.4 Å². The second-order valence-electron chi connectivity index (χ2n) is 4.85. The molecular weight excluding hydrogens is 270 g/mol. The lowest BCUT2D eigenvalue weighted by Gasteiger charge is -2.18. The van der Waals surface area contributed by atoms with Gasteiger partial charge in [0.05, 0.1) is 12.3 Å². The van der Waals surface area contributed by atoms with E-state index in [1.807, 2.05) is 7.05 Å². The molecule has 0 aliphatic carbocycles. The smallest absolute Gasteiger partial charge is 0.190 e. The van der Waals surface area contributed by atoms with E-state index in [9.17, 15) is 0 Å². The molecule has 1 aromatic heterocycles. The van der Waals surface area contributed by atoms with Crippen LogP contribution >= 0.6 is 11.3 Å². The molecule has 4 nitrogen and oxygen atoms in total. The number of aryl methyl sites for hydroxylation is 2. The number of anilines is 2. The average Bonchev–Trinajstić information content (AvgIpc) is 2.82. The predicted octanol–water partition coefficient (Wildman–Crippen LogP) is 3.13. The summed E-state index contributed by atoms with van der Waals surface area (Å²) in [6, 6.07) is 6.43. The van der Waals surface area contributed by atoms with Gasteiger partial charge in [-0.1, -0.05) is 29.0 Å². The lowest BCUT2D eigenvalue weighted by molar-refractivity contribution is 0.181. The van der Waals surface area contributed by atoms with Crippen molar-refractivity contribution in [3.63, 3.8) is 0 Å². The third-order valence-electron chi connectivity index (χ3n) is 3.23. The summed E-state index contributed by atoms with van der Waals surface area (Å²) in [7, 11) is 3.71. The van der Waals surface area contributed by atoms with Crippen molar-refractivity contribution in [2.45, 2.75) is 27.0 Å². The molecule has 0 aliphatic rings. The summed E-state index contributed by atoms with van der Waals surface area (Å²) in [5.41, 5.74) is 10.4. The molecule has 2 rings (SSSR count). The summed E-state index contributed by atoms with van der Waals surface area (Å²) in [6.07, 6.45) is 0. The Morgan fingerprint density at radius 2 is 2.10 bits per heavy atom. The number of aromatic nitrogens is 1. The molecule has 0 amide bonds. The SMILES string of the molecule is COCc1nc(N(C)c2ccc(C)cc2C)sc1CN. The molecule has 0 bridgehead atoms. The number of hydrogen-bond donors (Lipinski definition) is 1. The molecule has 5 heteroatoms. The van der Waals surface area contributed by atoms with Gasteiger partial charge in [0.2, 0.25) is 0 Å². The maximum atomic E-state index is 5.78. The number of hydrogen-bond acceptors (Lipinski definition) is 5. The first-order valence-corrected chi connectivity index (χ1v) is 7.37. The van der Waals surface area contributed by atoms with Crippen LogP contribution in [-0.4, -0.2) is 19.1 Å². The van der Waals surface area contributed by atoms with Gasteiger partial charge in [-0.3, -0.25) is 0 Å². The Bertz CT molecular complexity index is 595. The lowest BCUT2D eigenvalue weighted by atomic mass is 10.1. The van der Waals surface area contributed by atoms with Crippen LogP contribution in [0.4, 0.5) is 10.8 Å². The zero-order chi connectivity index (χ0) is 14.7. The van der Waals surface area contributed by atoms with Crippen LogP contribution < -0.4 is 10.6 Å². The van der Waals surface area contributed by atoms with E-state index in [1.54, 1.807) is 18.4 Å². The van der Waals surface area contributed by atoms with E-state index >= 15 is 0 Å². The molecule has 108 valence electrons. The fourth-order valence-electron chi connectivity index (χ4n) is 2.21. The highest BCUT2D eigenvalue weighted by Gasteiger charge is 2.15. The molecule has 0 radical (unpaired) electrons. The Balaban J connectivity index is 2.35. The largest absolute Gasteiger partial charge is 0.378 e. The summed E-state index contributed by atoms with van der Waals surface area (Å²) in [4.78, 5) is 7.84. The Hall–Kier alpha value is -1.43. The van der Waals surface area contributed by atoms with Crippen LogP contribution in [0.1, 0.15) is 21.7 Å². The minimum Gasteiger partial charge on any atom is -0.378 e. The maximum Gasteiger partial charge on any atom is 0.190 e. The second kappa shape index (κ2) is 6.35. The van der Waals surface area contributed by atoms with Crippen LogP contribution in [0.3, 0.4) is 0 Å². The van der Waals surface area contributed by atoms with Gasteiger partial charge >= 0.3 is 0 Å². The zero-order valence-electron chi connectivity index (χ0n) is 12.4. The van der Waals surface area contributed by atoms with Crippen molar-refractivity contribution in [1.29, 1.82) is 0 Å². The van der Waals surface area contributed by atoms with Crippen LogP contribution in [0.15, 0.2) is 18.2 Å². The molecule has 0 saturated heterocycles. The summed E-state index contributed by atoms with van der Waals surface area (Å²) >= 11 is 1.63. The molecular formula is C15H21N3OS. The number of nitrogens with zero attached hydrogens (tertiary/aromatic N) is 2. The fourth-order valence-corrected chi connectivity index (χ4v) is 3.12. The molecule has 0 unspecified atom stereocenters. The van der Waals surface area contributed by atoms with Crippen LogP contribution in [0.2, 0.25) is 0 Å². The number of ether oxygens (including phenoxy) is 1. The molecule has 2 N–H and O–H groups in total. The zero-order valence-corrected chi connectivity index (χ0v) is 13.3. The number of benzene rings is 1. The Labute approximate surface area is 124 Å². The van der Waals surface area contributed by atoms with E-state index in [2.05, 4.69) is 41.9 Å². The van der Waals surface area contributed by atoms with Crippen molar-refractivity contribution >= 4 is 22.2 Å². The van der Waals surface area contributed by atoms with E-state index in [-0.39, 0.29) is 0 Å². The monoisotopic (exact) mass is 291 g/mol. The highest BCUT2D eigenvalue weighted by molar-refractivity contribution is 7.15. The molecule has 1 heterocycles. The van der Waals surface area contributed by atoms with E-state index in [1.165, 1.54) is 11.1 Å². The van der Waals surface area contributed by atoms with Gasteiger partial charge in [-0.15, -0.1) is 0 Å². The second-order valence-corrected chi connectivity index (χ2v) is 5.91. The highest BCUT2D eigenvalue weighted by Crippen LogP contribution is 2.32. The first kappa shape index (κ1) is 15.0. The van der Waals surface area contributed by atoms with Crippen molar-refractivity contribution in [1.82, 2.24) is 4.98 Å².